The van der Waals surface area contributed by atoms with Crippen LogP contribution in [0.1, 0.15) is 25.3 Å². The van der Waals surface area contributed by atoms with Gasteiger partial charge in [0.25, 0.3) is 0 Å². The molecule has 0 aliphatic heterocycles. The van der Waals surface area contributed by atoms with Crippen molar-refractivity contribution in [2.75, 3.05) is 39.5 Å². The van der Waals surface area contributed by atoms with E-state index < -0.39 is 0 Å². The average Bonchev–Trinajstić information content (AvgIpc) is 2.25. The standard InChI is InChI=1S/C13H22N2O2/c1-5-6-7-10-11(13(17)12(10)16)14-8-9-15(2,3)4/h5-9H2,1-4H3/p+1. The maximum Gasteiger partial charge on any atom is 0.249 e. The van der Waals surface area contributed by atoms with Crippen LogP contribution in [-0.4, -0.2) is 38.7 Å². The minimum atomic E-state index is -0.336. The third-order valence-corrected chi connectivity index (χ3v) is 2.87. The third-order valence-electron chi connectivity index (χ3n) is 2.87. The fourth-order valence-electron chi connectivity index (χ4n) is 1.73. The predicted molar refractivity (Wildman–Crippen MR) is 71.4 cm³/mol. The molecule has 0 aliphatic rings. The fourth-order valence-corrected chi connectivity index (χ4v) is 1.73. The lowest BCUT2D eigenvalue weighted by molar-refractivity contribution is -0.868. The van der Waals surface area contributed by atoms with Crippen LogP contribution >= 0.6 is 0 Å². The molecule has 1 rings (SSSR count). The van der Waals surface area contributed by atoms with E-state index in [1.807, 2.05) is 0 Å². The Hall–Kier alpha value is -1.16. The van der Waals surface area contributed by atoms with Crippen LogP contribution in [0.3, 0.4) is 0 Å². The second-order valence-electron chi connectivity index (χ2n) is 5.56. The van der Waals surface area contributed by atoms with Crippen LogP contribution in [0.15, 0.2) is 9.59 Å². The molecule has 96 valence electrons. The van der Waals surface area contributed by atoms with Crippen molar-refractivity contribution < 1.29 is 4.48 Å². The second-order valence-corrected chi connectivity index (χ2v) is 5.56. The number of hydrogen-bond acceptors (Lipinski definition) is 3. The topological polar surface area (TPSA) is 46.2 Å². The van der Waals surface area contributed by atoms with E-state index in [2.05, 4.69) is 33.4 Å². The Labute approximate surface area is 103 Å². The molecule has 0 bridgehead atoms. The summed E-state index contributed by atoms with van der Waals surface area (Å²) in [4.78, 5) is 22.8. The Morgan fingerprint density at radius 3 is 2.29 bits per heavy atom. The number of nitrogens with one attached hydrogen (secondary N) is 1. The van der Waals surface area contributed by atoms with Crippen LogP contribution in [0.4, 0.5) is 5.69 Å². The number of hydrogen-bond donors (Lipinski definition) is 1. The normalized spacial score (nSPS) is 12.0. The second kappa shape index (κ2) is 5.45. The van der Waals surface area contributed by atoms with Gasteiger partial charge in [0.15, 0.2) is 0 Å². The lowest BCUT2D eigenvalue weighted by atomic mass is 10.0. The average molecular weight is 239 g/mol. The first-order valence-electron chi connectivity index (χ1n) is 6.23. The molecule has 17 heavy (non-hydrogen) atoms. The van der Waals surface area contributed by atoms with Gasteiger partial charge >= 0.3 is 0 Å². The van der Waals surface area contributed by atoms with Gasteiger partial charge in [0.05, 0.1) is 39.9 Å². The van der Waals surface area contributed by atoms with Gasteiger partial charge in [-0.05, 0) is 12.8 Å². The van der Waals surface area contributed by atoms with Crippen molar-refractivity contribution in [2.24, 2.45) is 0 Å². The molecule has 4 nitrogen and oxygen atoms in total. The van der Waals surface area contributed by atoms with Crippen molar-refractivity contribution in [3.05, 3.63) is 26.0 Å². The summed E-state index contributed by atoms with van der Waals surface area (Å²) >= 11 is 0. The summed E-state index contributed by atoms with van der Waals surface area (Å²) in [6.07, 6.45) is 2.74. The zero-order valence-electron chi connectivity index (χ0n) is 11.3. The van der Waals surface area contributed by atoms with Crippen molar-refractivity contribution in [1.82, 2.24) is 0 Å². The largest absolute Gasteiger partial charge is 0.376 e. The van der Waals surface area contributed by atoms with Crippen molar-refractivity contribution in [3.8, 4) is 0 Å². The molecule has 0 aliphatic carbocycles. The van der Waals surface area contributed by atoms with E-state index in [4.69, 9.17) is 0 Å². The molecule has 0 atom stereocenters. The first-order chi connectivity index (χ1) is 7.87. The van der Waals surface area contributed by atoms with E-state index in [0.29, 0.717) is 11.3 Å². The smallest absolute Gasteiger partial charge is 0.249 e. The molecule has 1 aromatic rings. The number of quaternary nitrogens is 1. The van der Waals surface area contributed by atoms with Gasteiger partial charge in [-0.3, -0.25) is 9.59 Å². The minimum absolute atomic E-state index is 0.286. The van der Waals surface area contributed by atoms with Crippen molar-refractivity contribution in [3.63, 3.8) is 0 Å². The Bertz CT molecular complexity index is 437. The molecule has 0 heterocycles. The van der Waals surface area contributed by atoms with E-state index in [0.717, 1.165) is 36.8 Å². The number of rotatable bonds is 7. The van der Waals surface area contributed by atoms with E-state index in [-0.39, 0.29) is 10.9 Å². The number of nitrogens with zero attached hydrogens (tertiary/aromatic N) is 1. The van der Waals surface area contributed by atoms with Gasteiger partial charge in [-0.2, -0.15) is 0 Å². The van der Waals surface area contributed by atoms with Gasteiger partial charge in [-0.25, -0.2) is 0 Å². The predicted octanol–water partition coefficient (Wildman–Crippen LogP) is 0.743. The van der Waals surface area contributed by atoms with Gasteiger partial charge in [-0.1, -0.05) is 13.3 Å². The number of unbranched alkanes of at least 4 members (excludes halogenated alkanes) is 1. The molecule has 0 spiro atoms. The molecule has 0 saturated heterocycles. The Kier molecular flexibility index (Phi) is 4.46. The Morgan fingerprint density at radius 1 is 1.12 bits per heavy atom. The van der Waals surface area contributed by atoms with Gasteiger partial charge in [-0.15, -0.1) is 0 Å². The first-order valence-corrected chi connectivity index (χ1v) is 6.23. The molecule has 0 saturated carbocycles. The summed E-state index contributed by atoms with van der Waals surface area (Å²) in [7, 11) is 6.30. The summed E-state index contributed by atoms with van der Waals surface area (Å²) in [6, 6.07) is 0. The lowest BCUT2D eigenvalue weighted by Crippen LogP contribution is -2.42. The van der Waals surface area contributed by atoms with Gasteiger partial charge in [0.1, 0.15) is 0 Å². The van der Waals surface area contributed by atoms with E-state index in [1.165, 1.54) is 0 Å². The number of likely N-dealkylation sites (N-methyl/N-ethyl adjacent to an activating group) is 1. The van der Waals surface area contributed by atoms with Crippen LogP contribution in [0.25, 0.3) is 0 Å². The zero-order chi connectivity index (χ0) is 13.1. The maximum atomic E-state index is 11.4. The molecular weight excluding hydrogens is 216 g/mol. The molecule has 0 radical (unpaired) electrons. The van der Waals surface area contributed by atoms with Gasteiger partial charge in [0.2, 0.25) is 10.9 Å². The van der Waals surface area contributed by atoms with Crippen LogP contribution in [-0.2, 0) is 6.42 Å². The molecule has 4 heteroatoms. The van der Waals surface area contributed by atoms with Crippen molar-refractivity contribution in [1.29, 1.82) is 0 Å². The van der Waals surface area contributed by atoms with E-state index >= 15 is 0 Å². The molecule has 0 amide bonds. The van der Waals surface area contributed by atoms with E-state index in [9.17, 15) is 9.59 Å². The molecule has 0 unspecified atom stereocenters. The van der Waals surface area contributed by atoms with Crippen LogP contribution < -0.4 is 16.2 Å². The Balaban J connectivity index is 2.57. The van der Waals surface area contributed by atoms with Gasteiger partial charge in [0, 0.05) is 5.56 Å². The van der Waals surface area contributed by atoms with Crippen LogP contribution in [0.5, 0.6) is 0 Å². The molecule has 0 fully saturated rings. The number of anilines is 1. The Morgan fingerprint density at radius 2 is 1.76 bits per heavy atom. The quantitative estimate of drug-likeness (QED) is 0.564. The highest BCUT2D eigenvalue weighted by Crippen LogP contribution is 2.11. The van der Waals surface area contributed by atoms with Crippen molar-refractivity contribution in [2.45, 2.75) is 26.2 Å². The molecule has 1 N–H and O–H groups in total. The summed E-state index contributed by atoms with van der Waals surface area (Å²) in [6.45, 7) is 3.73. The molecular formula is C13H23N2O2+. The minimum Gasteiger partial charge on any atom is -0.376 e. The monoisotopic (exact) mass is 239 g/mol. The molecule has 1 aromatic carbocycles. The fraction of sp³-hybridized carbons (Fsp3) is 0.692. The van der Waals surface area contributed by atoms with E-state index in [1.54, 1.807) is 0 Å². The van der Waals surface area contributed by atoms with Crippen LogP contribution in [0, 0.1) is 0 Å². The molecule has 0 aromatic heterocycles. The lowest BCUT2D eigenvalue weighted by Gasteiger charge is -2.24. The summed E-state index contributed by atoms with van der Waals surface area (Å²) in [5.74, 6) is 0. The zero-order valence-corrected chi connectivity index (χ0v) is 11.3. The summed E-state index contributed by atoms with van der Waals surface area (Å²) in [5.41, 5.74) is 0.652. The van der Waals surface area contributed by atoms with Gasteiger partial charge < -0.3 is 9.80 Å². The maximum absolute atomic E-state index is 11.4. The SMILES string of the molecule is CCCCc1c(NCC[N+](C)(C)C)c(=O)c1=O. The summed E-state index contributed by atoms with van der Waals surface area (Å²) < 4.78 is 0.840. The third kappa shape index (κ3) is 3.66. The summed E-state index contributed by atoms with van der Waals surface area (Å²) in [5, 5.41) is 3.11. The highest BCUT2D eigenvalue weighted by molar-refractivity contribution is 5.56. The first kappa shape index (κ1) is 13.9. The van der Waals surface area contributed by atoms with Crippen LogP contribution in [0.2, 0.25) is 0 Å². The highest BCUT2D eigenvalue weighted by Gasteiger charge is 2.20. The highest BCUT2D eigenvalue weighted by atomic mass is 16.2. The van der Waals surface area contributed by atoms with Crippen molar-refractivity contribution >= 4 is 5.69 Å².